The van der Waals surface area contributed by atoms with E-state index in [1.807, 2.05) is 0 Å². The molecular weight excluding hydrogens is 556 g/mol. The molecule has 1 N–H and O–H groups in total. The zero-order valence-corrected chi connectivity index (χ0v) is 20.5. The number of rotatable bonds is 4. The first-order valence-electron chi connectivity index (χ1n) is 10.4. The Morgan fingerprint density at radius 2 is 1.75 bits per heavy atom. The SMILES string of the molecule is O=C1NC(=O)N(c2ccc(Cl)cc2)C(=O)/C1=C\c1cc(Br)ccc1OC(=O)c1ccc2c(c1)OCO2. The Kier molecular flexibility index (Phi) is 6.21. The molecule has 36 heavy (non-hydrogen) atoms. The highest BCUT2D eigenvalue weighted by Crippen LogP contribution is 2.34. The van der Waals surface area contributed by atoms with Crippen molar-refractivity contribution >= 4 is 63.1 Å². The smallest absolute Gasteiger partial charge is 0.343 e. The van der Waals surface area contributed by atoms with Crippen LogP contribution in [-0.2, 0) is 9.59 Å². The summed E-state index contributed by atoms with van der Waals surface area (Å²) in [5, 5.41) is 2.56. The molecule has 9 nitrogen and oxygen atoms in total. The van der Waals surface area contributed by atoms with Gasteiger partial charge in [-0.3, -0.25) is 14.9 Å². The second-order valence-electron chi connectivity index (χ2n) is 7.57. The molecule has 0 unspecified atom stereocenters. The van der Waals surface area contributed by atoms with E-state index in [1.54, 1.807) is 18.2 Å². The van der Waals surface area contributed by atoms with Crippen molar-refractivity contribution < 1.29 is 33.4 Å². The monoisotopic (exact) mass is 568 g/mol. The molecule has 1 fully saturated rings. The van der Waals surface area contributed by atoms with Crippen LogP contribution >= 0.6 is 27.5 Å². The van der Waals surface area contributed by atoms with Crippen molar-refractivity contribution in [3.63, 3.8) is 0 Å². The minimum Gasteiger partial charge on any atom is -0.454 e. The fourth-order valence-electron chi connectivity index (χ4n) is 3.54. The van der Waals surface area contributed by atoms with Crippen LogP contribution in [0.15, 0.2) is 70.7 Å². The summed E-state index contributed by atoms with van der Waals surface area (Å²) in [6.07, 6.45) is 1.25. The maximum absolute atomic E-state index is 13.2. The number of anilines is 1. The zero-order chi connectivity index (χ0) is 25.4. The number of carbonyl (C=O) groups is 4. The number of barbiturate groups is 1. The number of carbonyl (C=O) groups excluding carboxylic acids is 4. The van der Waals surface area contributed by atoms with Crippen molar-refractivity contribution in [2.75, 3.05) is 11.7 Å². The fourth-order valence-corrected chi connectivity index (χ4v) is 4.05. The lowest BCUT2D eigenvalue weighted by molar-refractivity contribution is -0.122. The number of halogens is 2. The van der Waals surface area contributed by atoms with Gasteiger partial charge >= 0.3 is 12.0 Å². The van der Waals surface area contributed by atoms with Crippen LogP contribution in [0.2, 0.25) is 5.02 Å². The third kappa shape index (κ3) is 4.56. The lowest BCUT2D eigenvalue weighted by Crippen LogP contribution is -2.54. The van der Waals surface area contributed by atoms with Gasteiger partial charge in [-0.2, -0.15) is 0 Å². The molecule has 2 aliphatic heterocycles. The number of esters is 1. The first-order chi connectivity index (χ1) is 17.3. The van der Waals surface area contributed by atoms with Gasteiger partial charge in [0.15, 0.2) is 11.5 Å². The highest BCUT2D eigenvalue weighted by Gasteiger charge is 2.37. The van der Waals surface area contributed by atoms with Gasteiger partial charge in [-0.15, -0.1) is 0 Å². The minimum absolute atomic E-state index is 0.0594. The van der Waals surface area contributed by atoms with Crippen LogP contribution in [-0.4, -0.2) is 30.6 Å². The van der Waals surface area contributed by atoms with Crippen molar-refractivity contribution in [1.29, 1.82) is 0 Å². The predicted molar refractivity (Wildman–Crippen MR) is 132 cm³/mol. The van der Waals surface area contributed by atoms with Crippen LogP contribution in [0, 0.1) is 0 Å². The number of fused-ring (bicyclic) bond motifs is 1. The molecule has 0 aliphatic carbocycles. The van der Waals surface area contributed by atoms with Crippen LogP contribution < -0.4 is 24.4 Å². The second-order valence-corrected chi connectivity index (χ2v) is 8.93. The average Bonchev–Trinajstić information content (AvgIpc) is 3.32. The summed E-state index contributed by atoms with van der Waals surface area (Å²) >= 11 is 9.24. The number of hydrogen-bond donors (Lipinski definition) is 1. The van der Waals surface area contributed by atoms with Crippen molar-refractivity contribution in [2.24, 2.45) is 0 Å². The van der Waals surface area contributed by atoms with Crippen LogP contribution in [0.5, 0.6) is 17.2 Å². The summed E-state index contributed by atoms with van der Waals surface area (Å²) < 4.78 is 16.7. The Hall–Kier alpha value is -4.15. The Morgan fingerprint density at radius 1 is 1.00 bits per heavy atom. The predicted octanol–water partition coefficient (Wildman–Crippen LogP) is 4.72. The molecule has 2 heterocycles. The molecule has 0 bridgehead atoms. The van der Waals surface area contributed by atoms with Gasteiger partial charge in [-0.25, -0.2) is 14.5 Å². The van der Waals surface area contributed by atoms with E-state index >= 15 is 0 Å². The van der Waals surface area contributed by atoms with Gasteiger partial charge in [-0.05, 0) is 66.7 Å². The van der Waals surface area contributed by atoms with E-state index in [9.17, 15) is 19.2 Å². The van der Waals surface area contributed by atoms with Gasteiger partial charge in [0, 0.05) is 15.1 Å². The molecule has 4 amide bonds. The highest BCUT2D eigenvalue weighted by atomic mass is 79.9. The third-order valence-corrected chi connectivity index (χ3v) is 6.01. The number of imide groups is 2. The van der Waals surface area contributed by atoms with E-state index in [-0.39, 0.29) is 34.9 Å². The number of amides is 4. The van der Waals surface area contributed by atoms with Gasteiger partial charge < -0.3 is 14.2 Å². The number of nitrogens with zero attached hydrogens (tertiary/aromatic N) is 1. The van der Waals surface area contributed by atoms with Crippen LogP contribution in [0.25, 0.3) is 6.08 Å². The number of nitrogens with one attached hydrogen (secondary N) is 1. The van der Waals surface area contributed by atoms with Crippen molar-refractivity contribution in [3.8, 4) is 17.2 Å². The molecule has 1 saturated heterocycles. The molecule has 0 aromatic heterocycles. The molecule has 0 radical (unpaired) electrons. The van der Waals surface area contributed by atoms with Crippen LogP contribution in [0.4, 0.5) is 10.5 Å². The standard InChI is InChI=1S/C25H14BrClN2O7/c26-15-2-8-19(36-24(32)13-1-7-20-21(11-13)35-12-34-20)14(9-15)10-18-22(30)28-25(33)29(23(18)31)17-5-3-16(27)4-6-17/h1-11H,12H2,(H,28,30,33)/b18-10-. The topological polar surface area (TPSA) is 111 Å². The summed E-state index contributed by atoms with van der Waals surface area (Å²) in [5.41, 5.74) is 0.362. The second kappa shape index (κ2) is 9.48. The summed E-state index contributed by atoms with van der Waals surface area (Å²) in [5.74, 6) is -1.40. The summed E-state index contributed by atoms with van der Waals surface area (Å²) in [6, 6.07) is 14.4. The summed E-state index contributed by atoms with van der Waals surface area (Å²) in [6.45, 7) is 0.0594. The maximum atomic E-state index is 13.2. The van der Waals surface area contributed by atoms with Crippen LogP contribution in [0.3, 0.4) is 0 Å². The molecule has 2 aliphatic rings. The minimum atomic E-state index is -0.895. The van der Waals surface area contributed by atoms with Crippen molar-refractivity contribution in [3.05, 3.63) is 86.9 Å². The van der Waals surface area contributed by atoms with Crippen molar-refractivity contribution in [1.82, 2.24) is 5.32 Å². The Labute approximate surface area is 217 Å². The van der Waals surface area contributed by atoms with Gasteiger partial charge in [0.1, 0.15) is 11.3 Å². The maximum Gasteiger partial charge on any atom is 0.343 e. The Morgan fingerprint density at radius 3 is 2.53 bits per heavy atom. The number of urea groups is 1. The lowest BCUT2D eigenvalue weighted by Gasteiger charge is -2.26. The largest absolute Gasteiger partial charge is 0.454 e. The molecule has 0 atom stereocenters. The highest BCUT2D eigenvalue weighted by molar-refractivity contribution is 9.10. The first-order valence-corrected chi connectivity index (χ1v) is 11.6. The fraction of sp³-hybridized carbons (Fsp3) is 0.0400. The molecule has 11 heteroatoms. The molecule has 180 valence electrons. The third-order valence-electron chi connectivity index (χ3n) is 5.27. The van der Waals surface area contributed by atoms with Gasteiger partial charge in [0.25, 0.3) is 11.8 Å². The molecule has 5 rings (SSSR count). The zero-order valence-electron chi connectivity index (χ0n) is 18.1. The van der Waals surface area contributed by atoms with E-state index < -0.39 is 23.8 Å². The van der Waals surface area contributed by atoms with E-state index in [0.717, 1.165) is 4.90 Å². The molecule has 0 spiro atoms. The van der Waals surface area contributed by atoms with Gasteiger partial charge in [0.2, 0.25) is 6.79 Å². The first kappa shape index (κ1) is 23.6. The number of hydrogen-bond acceptors (Lipinski definition) is 7. The van der Waals surface area contributed by atoms with Gasteiger partial charge in [-0.1, -0.05) is 27.5 Å². The Balaban J connectivity index is 1.47. The normalized spacial score (nSPS) is 15.8. The van der Waals surface area contributed by atoms with E-state index in [1.165, 1.54) is 48.5 Å². The van der Waals surface area contributed by atoms with Crippen molar-refractivity contribution in [2.45, 2.75) is 0 Å². The van der Waals surface area contributed by atoms with E-state index in [2.05, 4.69) is 21.2 Å². The molecular formula is C25H14BrClN2O7. The quantitative estimate of drug-likeness (QED) is 0.210. The average molecular weight is 570 g/mol. The summed E-state index contributed by atoms with van der Waals surface area (Å²) in [4.78, 5) is 51.8. The molecule has 0 saturated carbocycles. The summed E-state index contributed by atoms with van der Waals surface area (Å²) in [7, 11) is 0. The molecule has 3 aromatic carbocycles. The van der Waals surface area contributed by atoms with E-state index in [4.69, 9.17) is 25.8 Å². The Bertz CT molecular complexity index is 1470. The van der Waals surface area contributed by atoms with E-state index in [0.29, 0.717) is 21.0 Å². The van der Waals surface area contributed by atoms with Gasteiger partial charge in [0.05, 0.1) is 11.3 Å². The number of ether oxygens (including phenoxy) is 3. The lowest BCUT2D eigenvalue weighted by atomic mass is 10.1. The number of benzene rings is 3. The molecule has 3 aromatic rings. The van der Waals surface area contributed by atoms with Crippen LogP contribution in [0.1, 0.15) is 15.9 Å².